The van der Waals surface area contributed by atoms with Crippen LogP contribution in [0.3, 0.4) is 0 Å². The topological polar surface area (TPSA) is 183 Å². The summed E-state index contributed by atoms with van der Waals surface area (Å²) in [4.78, 5) is 0. The van der Waals surface area contributed by atoms with Gasteiger partial charge in [0.25, 0.3) is 0 Å². The zero-order valence-corrected chi connectivity index (χ0v) is 16.5. The molecule has 1 fully saturated rings. The summed E-state index contributed by atoms with van der Waals surface area (Å²) in [5.74, 6) is 0. The predicted molar refractivity (Wildman–Crippen MR) is 94.2 cm³/mol. The molecule has 14 heteroatoms. The first-order valence-corrected chi connectivity index (χ1v) is 11.3. The summed E-state index contributed by atoms with van der Waals surface area (Å²) in [5.41, 5.74) is -1.20. The van der Waals surface area contributed by atoms with Gasteiger partial charge >= 0.3 is 10.4 Å². The van der Waals surface area contributed by atoms with E-state index in [1.807, 2.05) is 0 Å². The normalized spacial score (nSPS) is 32.9. The lowest BCUT2D eigenvalue weighted by molar-refractivity contribution is -0.205. The van der Waals surface area contributed by atoms with Crippen LogP contribution in [-0.2, 0) is 30.2 Å². The maximum Gasteiger partial charge on any atom is 0.466 e. The Morgan fingerprint density at radius 2 is 1.92 bits per heavy atom. The summed E-state index contributed by atoms with van der Waals surface area (Å²) in [6.07, 6.45) is -3.95. The van der Waals surface area contributed by atoms with Gasteiger partial charge in [-0.25, -0.2) is 4.28 Å². The molecule has 1 rings (SSSR count). The van der Waals surface area contributed by atoms with Gasteiger partial charge < -0.3 is 25.2 Å². The molecule has 0 aliphatic carbocycles. The summed E-state index contributed by atoms with van der Waals surface area (Å²) in [5, 5.41) is 41.7. The Kier molecular flexibility index (Phi) is 9.38. The third-order valence-corrected chi connectivity index (χ3v) is 6.47. The van der Waals surface area contributed by atoms with Gasteiger partial charge in [0.2, 0.25) is 0 Å². The summed E-state index contributed by atoms with van der Waals surface area (Å²) >= 11 is 0.689. The van der Waals surface area contributed by atoms with Gasteiger partial charge in [0.1, 0.15) is 34.9 Å². The molecule has 0 bridgehead atoms. The monoisotopic (exact) mass is 437 g/mol. The number of hydrogen-bond acceptors (Lipinski definition) is 11. The summed E-state index contributed by atoms with van der Waals surface area (Å²) < 4.78 is 50.8. The van der Waals surface area contributed by atoms with E-state index in [1.165, 1.54) is 6.26 Å². The Hall–Kier alpha value is -0.320. The van der Waals surface area contributed by atoms with Crippen molar-refractivity contribution in [3.05, 3.63) is 0 Å². The van der Waals surface area contributed by atoms with Crippen molar-refractivity contribution in [1.29, 1.82) is 0 Å². The molecule has 0 spiro atoms. The van der Waals surface area contributed by atoms with Crippen LogP contribution in [-0.4, -0.2) is 90.6 Å². The van der Waals surface area contributed by atoms with E-state index in [0.717, 1.165) is 0 Å². The zero-order chi connectivity index (χ0) is 20.1. The average Bonchev–Trinajstić information content (AvgIpc) is 2.56. The number of nitrogens with zero attached hydrogens (tertiary/aromatic N) is 1. The summed E-state index contributed by atoms with van der Waals surface area (Å²) in [6, 6.07) is 0. The van der Waals surface area contributed by atoms with Gasteiger partial charge in [0.15, 0.2) is 0 Å². The molecular weight excluding hydrogens is 414 g/mol. The third-order valence-electron chi connectivity index (χ3n) is 3.67. The standard InChI is InChI=1S/C12H23NO10S3/c1-6(25(2)18)3-4-8(13-23-26(19,20)21)24-12-11(17)10(16)9(15)7(5-14)22-12/h6-7,9-12,14-17H,3-5H2,1-2H3,(H,19,20,21)/b13-8-/t6?,7-,9-,10+,11-,12+,25?/m1/s1. The number of aliphatic hydroxyl groups is 4. The molecule has 1 heterocycles. The molecule has 0 saturated carbocycles. The predicted octanol–water partition coefficient (Wildman–Crippen LogP) is -1.80. The Labute approximate surface area is 157 Å². The zero-order valence-electron chi connectivity index (χ0n) is 14.0. The SMILES string of the molecule is CC(CC/C(=N/OS(=O)(=O)O)S[C@@H]1O[C@H](CO)[C@@H](O)[C@H](O)[C@H]1O)S(C)=O. The molecule has 1 aliphatic heterocycles. The highest BCUT2D eigenvalue weighted by Gasteiger charge is 2.44. The second-order valence-electron chi connectivity index (χ2n) is 5.65. The molecule has 1 aliphatic rings. The third kappa shape index (κ3) is 7.36. The van der Waals surface area contributed by atoms with Crippen LogP contribution in [0.15, 0.2) is 5.16 Å². The van der Waals surface area contributed by atoms with E-state index in [1.54, 1.807) is 6.92 Å². The second-order valence-corrected chi connectivity index (χ2v) is 9.63. The number of hydrogen-bond donors (Lipinski definition) is 5. The molecule has 7 atom stereocenters. The van der Waals surface area contributed by atoms with Crippen molar-refractivity contribution in [1.82, 2.24) is 0 Å². The lowest BCUT2D eigenvalue weighted by Gasteiger charge is -2.39. The maximum atomic E-state index is 11.4. The van der Waals surface area contributed by atoms with E-state index in [0.29, 0.717) is 18.2 Å². The Bertz CT molecular complexity index is 610. The molecule has 1 saturated heterocycles. The van der Waals surface area contributed by atoms with Crippen LogP contribution in [0.1, 0.15) is 19.8 Å². The quantitative estimate of drug-likeness (QED) is 0.125. The highest BCUT2D eigenvalue weighted by molar-refractivity contribution is 8.14. The van der Waals surface area contributed by atoms with Crippen molar-refractivity contribution in [2.24, 2.45) is 5.16 Å². The van der Waals surface area contributed by atoms with Gasteiger partial charge in [0, 0.05) is 28.7 Å². The van der Waals surface area contributed by atoms with Crippen molar-refractivity contribution in [3.63, 3.8) is 0 Å². The molecule has 26 heavy (non-hydrogen) atoms. The number of rotatable bonds is 8. The fourth-order valence-electron chi connectivity index (χ4n) is 2.01. The molecule has 11 nitrogen and oxygen atoms in total. The molecular formula is C12H23NO10S3. The Morgan fingerprint density at radius 1 is 1.31 bits per heavy atom. The molecule has 5 N–H and O–H groups in total. The van der Waals surface area contributed by atoms with Crippen molar-refractivity contribution in [2.45, 2.75) is 54.9 Å². The first-order valence-electron chi connectivity index (χ1n) is 7.48. The van der Waals surface area contributed by atoms with E-state index in [2.05, 4.69) is 9.44 Å². The van der Waals surface area contributed by atoms with Crippen molar-refractivity contribution in [2.75, 3.05) is 12.9 Å². The van der Waals surface area contributed by atoms with Crippen LogP contribution < -0.4 is 0 Å². The van der Waals surface area contributed by atoms with Crippen LogP contribution in [0.4, 0.5) is 0 Å². The molecule has 0 aromatic rings. The molecule has 0 aromatic heterocycles. The fourth-order valence-corrected chi connectivity index (χ4v) is 3.77. The number of ether oxygens (including phenoxy) is 1. The minimum atomic E-state index is -4.86. The van der Waals surface area contributed by atoms with Gasteiger partial charge in [-0.3, -0.25) is 8.76 Å². The molecule has 2 unspecified atom stereocenters. The van der Waals surface area contributed by atoms with Crippen molar-refractivity contribution in [3.8, 4) is 0 Å². The van der Waals surface area contributed by atoms with Crippen LogP contribution in [0.5, 0.6) is 0 Å². The Balaban J connectivity index is 2.90. The highest BCUT2D eigenvalue weighted by atomic mass is 32.3. The fraction of sp³-hybridized carbons (Fsp3) is 0.917. The van der Waals surface area contributed by atoms with Crippen LogP contribution in [0.2, 0.25) is 0 Å². The van der Waals surface area contributed by atoms with E-state index < -0.39 is 57.7 Å². The van der Waals surface area contributed by atoms with Crippen molar-refractivity contribution >= 4 is 38.0 Å². The number of aliphatic hydroxyl groups excluding tert-OH is 4. The average molecular weight is 438 g/mol. The van der Waals surface area contributed by atoms with E-state index >= 15 is 0 Å². The largest absolute Gasteiger partial charge is 0.466 e. The van der Waals surface area contributed by atoms with Crippen LogP contribution in [0.25, 0.3) is 0 Å². The van der Waals surface area contributed by atoms with E-state index in [-0.39, 0.29) is 16.7 Å². The number of thioether (sulfide) groups is 1. The van der Waals surface area contributed by atoms with Gasteiger partial charge in [-0.15, -0.1) is 0 Å². The van der Waals surface area contributed by atoms with Crippen LogP contribution in [0, 0.1) is 0 Å². The van der Waals surface area contributed by atoms with Gasteiger partial charge in [-0.2, -0.15) is 8.42 Å². The Morgan fingerprint density at radius 3 is 2.42 bits per heavy atom. The molecule has 0 radical (unpaired) electrons. The van der Waals surface area contributed by atoms with Gasteiger partial charge in [-0.05, 0) is 6.42 Å². The van der Waals surface area contributed by atoms with Crippen LogP contribution >= 0.6 is 11.8 Å². The molecule has 154 valence electrons. The van der Waals surface area contributed by atoms with E-state index in [9.17, 15) is 33.1 Å². The minimum Gasteiger partial charge on any atom is -0.394 e. The maximum absolute atomic E-state index is 11.4. The molecule has 0 amide bonds. The van der Waals surface area contributed by atoms with Gasteiger partial charge in [-0.1, -0.05) is 23.8 Å². The lowest BCUT2D eigenvalue weighted by atomic mass is 10.0. The summed E-state index contributed by atoms with van der Waals surface area (Å²) in [7, 11) is -6.00. The van der Waals surface area contributed by atoms with Crippen molar-refractivity contribution < 1.29 is 46.6 Å². The number of oxime groups is 1. The second kappa shape index (κ2) is 10.3. The minimum absolute atomic E-state index is 0.0238. The lowest BCUT2D eigenvalue weighted by Crippen LogP contribution is -2.57. The smallest absolute Gasteiger partial charge is 0.394 e. The highest BCUT2D eigenvalue weighted by Crippen LogP contribution is 2.30. The first-order chi connectivity index (χ1) is 12.0. The first kappa shape index (κ1) is 23.7. The van der Waals surface area contributed by atoms with E-state index in [4.69, 9.17) is 9.29 Å². The van der Waals surface area contributed by atoms with Gasteiger partial charge in [0.05, 0.1) is 6.61 Å². The summed E-state index contributed by atoms with van der Waals surface area (Å²) in [6.45, 7) is 1.08. The molecule has 0 aromatic carbocycles.